The van der Waals surface area contributed by atoms with Crippen molar-refractivity contribution in [2.24, 2.45) is 40.4 Å². The van der Waals surface area contributed by atoms with Crippen molar-refractivity contribution in [2.75, 3.05) is 33.4 Å². The number of alkyl carbamates (subject to hydrolysis) is 1. The first-order valence-corrected chi connectivity index (χ1v) is 15.1. The zero-order valence-electron chi connectivity index (χ0n) is 24.5. The molecule has 5 aliphatic rings. The number of carbonyl (C=O) groups is 3. The number of hydrogen-bond acceptors (Lipinski definition) is 7. The van der Waals surface area contributed by atoms with E-state index in [4.69, 9.17) is 14.2 Å². The molecule has 2 amide bonds. The van der Waals surface area contributed by atoms with E-state index in [1.807, 2.05) is 6.92 Å². The number of hydrogen-bond donors (Lipinski definition) is 1. The van der Waals surface area contributed by atoms with Gasteiger partial charge in [-0.05, 0) is 62.8 Å². The lowest BCUT2D eigenvalue weighted by atomic mass is 9.40. The normalized spacial score (nSPS) is 47.1. The molecular formula is C31H48N2O6. The second-order valence-electron chi connectivity index (χ2n) is 13.6. The van der Waals surface area contributed by atoms with Gasteiger partial charge in [0.2, 0.25) is 5.91 Å². The van der Waals surface area contributed by atoms with Gasteiger partial charge in [-0.25, -0.2) is 4.79 Å². The van der Waals surface area contributed by atoms with Crippen LogP contribution in [0.1, 0.15) is 72.6 Å². The number of nitrogens with one attached hydrogen (secondary N) is 1. The van der Waals surface area contributed by atoms with E-state index in [9.17, 15) is 14.4 Å². The molecule has 39 heavy (non-hydrogen) atoms. The van der Waals surface area contributed by atoms with Crippen LogP contribution in [-0.4, -0.2) is 73.8 Å². The Bertz CT molecular complexity index is 1000. The van der Waals surface area contributed by atoms with Gasteiger partial charge in [-0.15, -0.1) is 6.58 Å². The fraction of sp³-hybridized carbons (Fsp3) is 0.839. The molecule has 4 unspecified atom stereocenters. The molecule has 0 aromatic carbocycles. The van der Waals surface area contributed by atoms with Crippen molar-refractivity contribution < 1.29 is 28.6 Å². The second kappa shape index (κ2) is 10.6. The van der Waals surface area contributed by atoms with Gasteiger partial charge in [0.25, 0.3) is 0 Å². The number of carbonyl (C=O) groups excluding carboxylic acids is 3. The highest BCUT2D eigenvalue weighted by Crippen LogP contribution is 2.67. The Labute approximate surface area is 233 Å². The number of piperidine rings is 1. The van der Waals surface area contributed by atoms with E-state index in [0.717, 1.165) is 51.6 Å². The predicted octanol–water partition coefficient (Wildman–Crippen LogP) is 4.37. The number of imide groups is 1. The van der Waals surface area contributed by atoms with Crippen LogP contribution in [0.15, 0.2) is 12.7 Å². The monoisotopic (exact) mass is 544 g/mol. The summed E-state index contributed by atoms with van der Waals surface area (Å²) in [6.45, 7) is 15.1. The molecule has 5 rings (SSSR count). The van der Waals surface area contributed by atoms with Crippen LogP contribution in [-0.2, 0) is 23.8 Å². The Balaban J connectivity index is 1.50. The van der Waals surface area contributed by atoms with Crippen molar-refractivity contribution in [3.63, 3.8) is 0 Å². The summed E-state index contributed by atoms with van der Waals surface area (Å²) in [6, 6.07) is 0. The number of methoxy groups -OCH3 is 1. The molecule has 1 N–H and O–H groups in total. The highest BCUT2D eigenvalue weighted by atomic mass is 16.6. The third-order valence-corrected chi connectivity index (χ3v) is 11.9. The number of ether oxygens (including phenoxy) is 3. The molecule has 2 saturated heterocycles. The zero-order chi connectivity index (χ0) is 28.2. The summed E-state index contributed by atoms with van der Waals surface area (Å²) in [7, 11) is 1.77. The van der Waals surface area contributed by atoms with Gasteiger partial charge in [-0.2, -0.15) is 0 Å². The van der Waals surface area contributed by atoms with Gasteiger partial charge < -0.3 is 19.1 Å². The lowest BCUT2D eigenvalue weighted by molar-refractivity contribution is -0.232. The molecule has 0 spiro atoms. The van der Waals surface area contributed by atoms with Crippen LogP contribution in [0.2, 0.25) is 0 Å². The molecule has 3 aliphatic carbocycles. The molecule has 8 nitrogen and oxygen atoms in total. The van der Waals surface area contributed by atoms with E-state index in [1.165, 1.54) is 0 Å². The van der Waals surface area contributed by atoms with E-state index in [-0.39, 0.29) is 59.9 Å². The topological polar surface area (TPSA) is 94.2 Å². The van der Waals surface area contributed by atoms with Gasteiger partial charge in [0.1, 0.15) is 11.7 Å². The molecule has 11 atom stereocenters. The number of nitrogens with zero attached hydrogens (tertiary/aromatic N) is 1. The smallest absolute Gasteiger partial charge is 0.414 e. The first kappa shape index (κ1) is 28.7. The molecular weight excluding hydrogens is 496 g/mol. The fourth-order valence-corrected chi connectivity index (χ4v) is 9.57. The number of rotatable bonds is 6. The molecule has 0 aromatic rings. The Morgan fingerprint density at radius 1 is 1.15 bits per heavy atom. The van der Waals surface area contributed by atoms with Gasteiger partial charge >= 0.3 is 6.09 Å². The fourth-order valence-electron chi connectivity index (χ4n) is 9.57. The van der Waals surface area contributed by atoms with Crippen molar-refractivity contribution in [1.29, 1.82) is 0 Å². The molecule has 2 aliphatic heterocycles. The van der Waals surface area contributed by atoms with Crippen LogP contribution in [0.25, 0.3) is 0 Å². The average molecular weight is 545 g/mol. The van der Waals surface area contributed by atoms with E-state index < -0.39 is 23.2 Å². The maximum absolute atomic E-state index is 14.3. The van der Waals surface area contributed by atoms with Crippen LogP contribution in [0.4, 0.5) is 4.79 Å². The quantitative estimate of drug-likeness (QED) is 0.497. The van der Waals surface area contributed by atoms with Gasteiger partial charge in [-0.1, -0.05) is 33.3 Å². The van der Waals surface area contributed by atoms with E-state index in [1.54, 1.807) is 13.2 Å². The maximum atomic E-state index is 14.3. The molecule has 5 fully saturated rings. The third-order valence-electron chi connectivity index (χ3n) is 11.9. The van der Waals surface area contributed by atoms with E-state index in [2.05, 4.69) is 37.6 Å². The van der Waals surface area contributed by atoms with E-state index >= 15 is 0 Å². The summed E-state index contributed by atoms with van der Waals surface area (Å²) in [5.74, 6) is -0.0212. The van der Waals surface area contributed by atoms with Crippen molar-refractivity contribution in [3.05, 3.63) is 12.7 Å². The van der Waals surface area contributed by atoms with Crippen molar-refractivity contribution in [2.45, 2.75) is 90.4 Å². The predicted molar refractivity (Wildman–Crippen MR) is 147 cm³/mol. The summed E-state index contributed by atoms with van der Waals surface area (Å²) in [5.41, 5.74) is -1.87. The second-order valence-corrected chi connectivity index (χ2v) is 13.6. The zero-order valence-corrected chi connectivity index (χ0v) is 24.5. The third kappa shape index (κ3) is 4.58. The summed E-state index contributed by atoms with van der Waals surface area (Å²) >= 11 is 0. The van der Waals surface area contributed by atoms with Crippen LogP contribution < -0.4 is 5.32 Å². The average Bonchev–Trinajstić information content (AvgIpc) is 3.56. The van der Waals surface area contributed by atoms with Gasteiger partial charge in [-0.3, -0.25) is 14.9 Å². The maximum Gasteiger partial charge on any atom is 0.414 e. The summed E-state index contributed by atoms with van der Waals surface area (Å²) in [6.07, 6.45) is 6.26. The van der Waals surface area contributed by atoms with Crippen LogP contribution in [0.3, 0.4) is 0 Å². The Morgan fingerprint density at radius 3 is 2.56 bits per heavy atom. The molecule has 8 heteroatoms. The first-order chi connectivity index (χ1) is 18.5. The Kier molecular flexibility index (Phi) is 7.79. The van der Waals surface area contributed by atoms with E-state index in [0.29, 0.717) is 12.5 Å². The van der Waals surface area contributed by atoms with Crippen molar-refractivity contribution in [3.8, 4) is 0 Å². The minimum absolute atomic E-state index is 0.0286. The molecule has 4 bridgehead atoms. The largest absolute Gasteiger partial charge is 0.445 e. The minimum atomic E-state index is -1.14. The summed E-state index contributed by atoms with van der Waals surface area (Å²) < 4.78 is 18.7. The van der Waals surface area contributed by atoms with Crippen molar-refractivity contribution >= 4 is 17.8 Å². The highest BCUT2D eigenvalue weighted by Gasteiger charge is 2.67. The molecule has 0 aromatic heterocycles. The van der Waals surface area contributed by atoms with Crippen LogP contribution in [0, 0.1) is 40.4 Å². The lowest BCUT2D eigenvalue weighted by Gasteiger charge is -2.66. The van der Waals surface area contributed by atoms with Crippen molar-refractivity contribution in [1.82, 2.24) is 10.2 Å². The number of ketones is 1. The van der Waals surface area contributed by atoms with Gasteiger partial charge in [0, 0.05) is 43.9 Å². The first-order valence-electron chi connectivity index (χ1n) is 15.1. The van der Waals surface area contributed by atoms with Gasteiger partial charge in [0.15, 0.2) is 5.78 Å². The summed E-state index contributed by atoms with van der Waals surface area (Å²) in [5, 5.41) is 2.58. The SMILES string of the molecule is C=CCO[C@]1(C)C[C@@H](OC(=O)NC(=O)[C@H]2CN3CCC2C3)[C@@]2(C)C3[C@H](OC)CCCC3(CC[C@H]2C)[C@@H](C)C1=O. The lowest BCUT2D eigenvalue weighted by Crippen LogP contribution is -2.68. The Hall–Kier alpha value is -1.77. The Morgan fingerprint density at radius 2 is 1.92 bits per heavy atom. The molecule has 218 valence electrons. The highest BCUT2D eigenvalue weighted by molar-refractivity contribution is 5.94. The van der Waals surface area contributed by atoms with Gasteiger partial charge in [0.05, 0.1) is 18.6 Å². The standard InChI is InChI=1S/C31H48N2O6/c1-7-15-38-29(4)16-24(39-28(36)32-27(35)22-18-33-14-11-21(22)17-33)30(5)19(2)10-13-31(20(3)26(29)34)12-8-9-23(37-6)25(30)31/h7,19-25H,1,8-18H2,2-6H3,(H,32,35,36)/t19-,20+,21?,22+,23-,24-,25?,29-,30+,31?/m1/s1. The number of amides is 2. The van der Waals surface area contributed by atoms with Crippen LogP contribution in [0.5, 0.6) is 0 Å². The van der Waals surface area contributed by atoms with Crippen LogP contribution >= 0.6 is 0 Å². The molecule has 0 radical (unpaired) electrons. The number of fused-ring (bicyclic) bond motifs is 2. The summed E-state index contributed by atoms with van der Waals surface area (Å²) in [4.78, 5) is 43.1. The minimum Gasteiger partial charge on any atom is -0.445 e. The molecule has 3 saturated carbocycles. The molecule has 2 heterocycles. The number of Topliss-reactive ketones (excluding diaryl/α,β-unsaturated/α-hetero) is 1.